The average molecular weight is 216 g/mol. The molecule has 0 aliphatic carbocycles. The molecule has 0 saturated carbocycles. The quantitative estimate of drug-likeness (QED) is 0.770. The highest BCUT2D eigenvalue weighted by molar-refractivity contribution is 4.87. The van der Waals surface area contributed by atoms with Crippen molar-refractivity contribution >= 4 is 0 Å². The Morgan fingerprint density at radius 1 is 1.27 bits per heavy atom. The maximum Gasteiger partial charge on any atom is 0.163 e. The minimum atomic E-state index is -0.811. The van der Waals surface area contributed by atoms with Gasteiger partial charge in [0.1, 0.15) is 0 Å². The first-order chi connectivity index (χ1) is 6.62. The molecule has 0 aromatic carbocycles. The summed E-state index contributed by atoms with van der Waals surface area (Å²) in [4.78, 5) is 0. The van der Waals surface area contributed by atoms with Crippen LogP contribution in [0.5, 0.6) is 0 Å². The van der Waals surface area contributed by atoms with Gasteiger partial charge in [-0.1, -0.05) is 13.8 Å². The van der Waals surface area contributed by atoms with Gasteiger partial charge >= 0.3 is 0 Å². The van der Waals surface area contributed by atoms with Crippen LogP contribution < -0.4 is 0 Å². The highest BCUT2D eigenvalue weighted by Gasteiger charge is 2.42. The van der Waals surface area contributed by atoms with Gasteiger partial charge in [0.05, 0.1) is 17.8 Å². The Morgan fingerprint density at radius 3 is 2.20 bits per heavy atom. The third-order valence-electron chi connectivity index (χ3n) is 2.84. The fourth-order valence-corrected chi connectivity index (χ4v) is 1.88. The fourth-order valence-electron chi connectivity index (χ4n) is 1.88. The van der Waals surface area contributed by atoms with Crippen molar-refractivity contribution in [1.29, 1.82) is 0 Å². The molecule has 1 unspecified atom stereocenters. The molecule has 1 rings (SSSR count). The van der Waals surface area contributed by atoms with E-state index < -0.39 is 11.4 Å². The van der Waals surface area contributed by atoms with E-state index in [1.54, 1.807) is 13.8 Å². The standard InChI is InChI=1S/C12H24O3/c1-8(2)9-7-10(11(3,4)13)15-12(5,6)14-9/h8-10,13H,7H2,1-6H3/t9-,10?/m1/s1. The van der Waals surface area contributed by atoms with E-state index in [-0.39, 0.29) is 12.2 Å². The van der Waals surface area contributed by atoms with Gasteiger partial charge in [0, 0.05) is 6.42 Å². The predicted molar refractivity (Wildman–Crippen MR) is 59.6 cm³/mol. The molecular weight excluding hydrogens is 192 g/mol. The predicted octanol–water partition coefficient (Wildman–Crippen LogP) is 2.32. The summed E-state index contributed by atoms with van der Waals surface area (Å²) in [5.41, 5.74) is -0.811. The minimum Gasteiger partial charge on any atom is -0.388 e. The summed E-state index contributed by atoms with van der Waals surface area (Å²) in [6.45, 7) is 11.6. The van der Waals surface area contributed by atoms with Gasteiger partial charge in [0.15, 0.2) is 5.79 Å². The Bertz CT molecular complexity index is 215. The van der Waals surface area contributed by atoms with Crippen LogP contribution in [0.2, 0.25) is 0 Å². The molecule has 2 atom stereocenters. The molecule has 15 heavy (non-hydrogen) atoms. The van der Waals surface area contributed by atoms with E-state index in [0.29, 0.717) is 5.92 Å². The van der Waals surface area contributed by atoms with Crippen LogP contribution in [-0.2, 0) is 9.47 Å². The van der Waals surface area contributed by atoms with E-state index in [1.165, 1.54) is 0 Å². The molecular formula is C12H24O3. The maximum atomic E-state index is 9.99. The van der Waals surface area contributed by atoms with Crippen LogP contribution in [0.15, 0.2) is 0 Å². The maximum absolute atomic E-state index is 9.99. The number of rotatable bonds is 2. The Kier molecular flexibility index (Phi) is 3.49. The van der Waals surface area contributed by atoms with Crippen LogP contribution >= 0.6 is 0 Å². The van der Waals surface area contributed by atoms with Crippen molar-refractivity contribution in [3.63, 3.8) is 0 Å². The van der Waals surface area contributed by atoms with Crippen LogP contribution in [0.1, 0.15) is 48.0 Å². The monoisotopic (exact) mass is 216 g/mol. The van der Waals surface area contributed by atoms with Crippen LogP contribution in [0.3, 0.4) is 0 Å². The number of hydrogen-bond donors (Lipinski definition) is 1. The average Bonchev–Trinajstić information content (AvgIpc) is 1.99. The molecule has 1 heterocycles. The highest BCUT2D eigenvalue weighted by atomic mass is 16.7. The Hall–Kier alpha value is -0.120. The smallest absolute Gasteiger partial charge is 0.163 e. The first-order valence-electron chi connectivity index (χ1n) is 5.70. The van der Waals surface area contributed by atoms with E-state index >= 15 is 0 Å². The molecule has 0 bridgehead atoms. The summed E-state index contributed by atoms with van der Waals surface area (Å²) in [5.74, 6) is -0.157. The summed E-state index contributed by atoms with van der Waals surface area (Å²) < 4.78 is 11.6. The molecule has 0 aromatic rings. The highest BCUT2D eigenvalue weighted by Crippen LogP contribution is 2.34. The van der Waals surface area contributed by atoms with Crippen LogP contribution in [0.4, 0.5) is 0 Å². The lowest BCUT2D eigenvalue weighted by molar-refractivity contribution is -0.328. The molecule has 1 saturated heterocycles. The second-order valence-corrected chi connectivity index (χ2v) is 5.80. The normalized spacial score (nSPS) is 32.0. The first kappa shape index (κ1) is 12.9. The van der Waals surface area contributed by atoms with Crippen molar-refractivity contribution in [2.75, 3.05) is 0 Å². The Labute approximate surface area is 92.8 Å². The zero-order chi connectivity index (χ0) is 11.9. The zero-order valence-corrected chi connectivity index (χ0v) is 10.7. The number of hydrogen-bond acceptors (Lipinski definition) is 3. The third kappa shape index (κ3) is 3.44. The molecule has 1 N–H and O–H groups in total. The van der Waals surface area contributed by atoms with E-state index in [9.17, 15) is 5.11 Å². The molecule has 1 fully saturated rings. The molecule has 0 spiro atoms. The SMILES string of the molecule is CC(C)[C@H]1CC(C(C)(C)O)OC(C)(C)O1. The zero-order valence-electron chi connectivity index (χ0n) is 10.7. The Balaban J connectivity index is 2.77. The van der Waals surface area contributed by atoms with Crippen LogP contribution in [0, 0.1) is 5.92 Å². The van der Waals surface area contributed by atoms with Crippen molar-refractivity contribution in [3.8, 4) is 0 Å². The van der Waals surface area contributed by atoms with Crippen LogP contribution in [0.25, 0.3) is 0 Å². The van der Waals surface area contributed by atoms with Crippen molar-refractivity contribution < 1.29 is 14.6 Å². The lowest BCUT2D eigenvalue weighted by Crippen LogP contribution is -2.53. The van der Waals surface area contributed by atoms with Gasteiger partial charge in [-0.2, -0.15) is 0 Å². The van der Waals surface area contributed by atoms with Gasteiger partial charge in [0.25, 0.3) is 0 Å². The summed E-state index contributed by atoms with van der Waals surface area (Å²) in [6, 6.07) is 0. The lowest BCUT2D eigenvalue weighted by atomic mass is 9.90. The molecule has 3 nitrogen and oxygen atoms in total. The van der Waals surface area contributed by atoms with Gasteiger partial charge in [-0.15, -0.1) is 0 Å². The molecule has 1 aliphatic rings. The van der Waals surface area contributed by atoms with Crippen molar-refractivity contribution in [2.45, 2.75) is 71.6 Å². The van der Waals surface area contributed by atoms with Gasteiger partial charge in [-0.05, 0) is 33.6 Å². The second kappa shape index (κ2) is 4.04. The van der Waals surface area contributed by atoms with E-state index in [1.807, 2.05) is 13.8 Å². The Morgan fingerprint density at radius 2 is 1.80 bits per heavy atom. The largest absolute Gasteiger partial charge is 0.388 e. The summed E-state index contributed by atoms with van der Waals surface area (Å²) in [6.07, 6.45) is 0.753. The van der Waals surface area contributed by atoms with Gasteiger partial charge < -0.3 is 14.6 Å². The van der Waals surface area contributed by atoms with Crippen molar-refractivity contribution in [2.24, 2.45) is 5.92 Å². The molecule has 0 amide bonds. The van der Waals surface area contributed by atoms with Gasteiger partial charge in [0.2, 0.25) is 0 Å². The van der Waals surface area contributed by atoms with Gasteiger partial charge in [-0.3, -0.25) is 0 Å². The summed E-state index contributed by atoms with van der Waals surface area (Å²) in [5, 5.41) is 9.99. The molecule has 0 radical (unpaired) electrons. The first-order valence-corrected chi connectivity index (χ1v) is 5.70. The van der Waals surface area contributed by atoms with Crippen LogP contribution in [-0.4, -0.2) is 28.7 Å². The van der Waals surface area contributed by atoms with Gasteiger partial charge in [-0.25, -0.2) is 0 Å². The van der Waals surface area contributed by atoms with Crippen molar-refractivity contribution in [3.05, 3.63) is 0 Å². The van der Waals surface area contributed by atoms with Crippen molar-refractivity contribution in [1.82, 2.24) is 0 Å². The molecule has 0 aromatic heterocycles. The topological polar surface area (TPSA) is 38.7 Å². The second-order valence-electron chi connectivity index (χ2n) is 5.80. The van der Waals surface area contributed by atoms with E-state index in [4.69, 9.17) is 9.47 Å². The fraction of sp³-hybridized carbons (Fsp3) is 1.00. The lowest BCUT2D eigenvalue weighted by Gasteiger charge is -2.45. The molecule has 1 aliphatic heterocycles. The summed E-state index contributed by atoms with van der Waals surface area (Å²) >= 11 is 0. The summed E-state index contributed by atoms with van der Waals surface area (Å²) in [7, 11) is 0. The number of aliphatic hydroxyl groups is 1. The molecule has 3 heteroatoms. The minimum absolute atomic E-state index is 0.158. The third-order valence-corrected chi connectivity index (χ3v) is 2.84. The molecule has 90 valence electrons. The van der Waals surface area contributed by atoms with E-state index in [0.717, 1.165) is 6.42 Å². The number of ether oxygens (including phenoxy) is 2. The van der Waals surface area contributed by atoms with E-state index in [2.05, 4.69) is 13.8 Å².